The number of anilines is 1. The lowest BCUT2D eigenvalue weighted by Gasteiger charge is -2.24. The largest absolute Gasteiger partial charge is 0.508 e. The van der Waals surface area contributed by atoms with Crippen LogP contribution in [0.1, 0.15) is 43.1 Å². The number of hydrogen-bond acceptors (Lipinski definition) is 6. The van der Waals surface area contributed by atoms with Crippen LogP contribution in [-0.2, 0) is 16.0 Å². The average molecular weight is 479 g/mol. The molecule has 7 heteroatoms. The van der Waals surface area contributed by atoms with Gasteiger partial charge in [0.15, 0.2) is 0 Å². The van der Waals surface area contributed by atoms with E-state index in [4.69, 9.17) is 10.5 Å². The Labute approximate surface area is 204 Å². The van der Waals surface area contributed by atoms with Crippen LogP contribution in [0.25, 0.3) is 0 Å². The van der Waals surface area contributed by atoms with Crippen molar-refractivity contribution < 1.29 is 19.4 Å². The number of benzene rings is 3. The van der Waals surface area contributed by atoms with Gasteiger partial charge >= 0.3 is 5.97 Å². The molecule has 3 aromatic carbocycles. The highest BCUT2D eigenvalue weighted by Gasteiger charge is 2.27. The maximum absolute atomic E-state index is 13.1. The predicted molar refractivity (Wildman–Crippen MR) is 135 cm³/mol. The van der Waals surface area contributed by atoms with E-state index in [1.54, 1.807) is 63.2 Å². The summed E-state index contributed by atoms with van der Waals surface area (Å²) in [4.78, 5) is 27.5. The molecule has 0 heterocycles. The van der Waals surface area contributed by atoms with Crippen molar-refractivity contribution in [3.8, 4) is 5.75 Å². The van der Waals surface area contributed by atoms with Gasteiger partial charge < -0.3 is 20.9 Å². The monoisotopic (exact) mass is 478 g/mol. The van der Waals surface area contributed by atoms with Gasteiger partial charge in [0.2, 0.25) is 0 Å². The zero-order chi connectivity index (χ0) is 24.7. The van der Waals surface area contributed by atoms with Crippen molar-refractivity contribution in [3.63, 3.8) is 0 Å². The molecule has 0 bridgehead atoms. The first-order valence-corrected chi connectivity index (χ1v) is 11.9. The third-order valence-electron chi connectivity index (χ3n) is 4.90. The lowest BCUT2D eigenvalue weighted by Crippen LogP contribution is -2.44. The summed E-state index contributed by atoms with van der Waals surface area (Å²) in [7, 11) is 0. The van der Waals surface area contributed by atoms with Crippen LogP contribution in [0, 0.1) is 0 Å². The molecule has 0 fully saturated rings. The van der Waals surface area contributed by atoms with Gasteiger partial charge in [0.25, 0.3) is 5.91 Å². The quantitative estimate of drug-likeness (QED) is 0.304. The second-order valence-corrected chi connectivity index (χ2v) is 10.0. The van der Waals surface area contributed by atoms with Crippen LogP contribution in [0.2, 0.25) is 0 Å². The number of carbonyl (C=O) groups is 2. The summed E-state index contributed by atoms with van der Waals surface area (Å²) in [6.45, 7) is 5.40. The summed E-state index contributed by atoms with van der Waals surface area (Å²) >= 11 is 1.39. The molecule has 0 aromatic heterocycles. The van der Waals surface area contributed by atoms with Gasteiger partial charge in [-0.3, -0.25) is 4.79 Å². The molecule has 0 spiro atoms. The van der Waals surface area contributed by atoms with Gasteiger partial charge in [-0.1, -0.05) is 42.1 Å². The van der Waals surface area contributed by atoms with Crippen LogP contribution in [0.15, 0.2) is 82.6 Å². The Hall–Kier alpha value is -3.45. The molecule has 178 valence electrons. The van der Waals surface area contributed by atoms with Gasteiger partial charge in [-0.15, -0.1) is 0 Å². The average Bonchev–Trinajstić information content (AvgIpc) is 2.79. The van der Waals surface area contributed by atoms with Crippen LogP contribution < -0.4 is 11.1 Å². The van der Waals surface area contributed by atoms with Gasteiger partial charge in [-0.2, -0.15) is 0 Å². The van der Waals surface area contributed by atoms with Gasteiger partial charge in [0, 0.05) is 21.0 Å². The number of nitrogens with one attached hydrogen (secondary N) is 1. The summed E-state index contributed by atoms with van der Waals surface area (Å²) in [5, 5.41) is 12.3. The summed E-state index contributed by atoms with van der Waals surface area (Å²) in [6, 6.07) is 20.7. The zero-order valence-electron chi connectivity index (χ0n) is 19.6. The summed E-state index contributed by atoms with van der Waals surface area (Å²) in [5.41, 5.74) is 7.45. The SMILES string of the molecule is CC(C)(C)OC(=O)[C@H](CCc1ccccc1)NC(=O)c1ccc(N)c(Sc2ccc(O)cc2)c1. The van der Waals surface area contributed by atoms with E-state index in [-0.39, 0.29) is 11.7 Å². The summed E-state index contributed by atoms with van der Waals surface area (Å²) < 4.78 is 5.56. The molecule has 34 heavy (non-hydrogen) atoms. The molecular weight excluding hydrogens is 448 g/mol. The number of aryl methyl sites for hydroxylation is 1. The third-order valence-corrected chi connectivity index (χ3v) is 5.98. The smallest absolute Gasteiger partial charge is 0.329 e. The number of carbonyl (C=O) groups excluding carboxylic acids is 2. The zero-order valence-corrected chi connectivity index (χ0v) is 20.4. The number of esters is 1. The van der Waals surface area contributed by atoms with Gasteiger partial charge in [0.05, 0.1) is 0 Å². The molecule has 6 nitrogen and oxygen atoms in total. The summed E-state index contributed by atoms with van der Waals surface area (Å²) in [6.07, 6.45) is 1.03. The van der Waals surface area contributed by atoms with E-state index in [9.17, 15) is 14.7 Å². The molecule has 0 aliphatic carbocycles. The third kappa shape index (κ3) is 7.56. The molecule has 0 saturated heterocycles. The first-order chi connectivity index (χ1) is 16.1. The first kappa shape index (κ1) is 25.2. The van der Waals surface area contributed by atoms with Crippen molar-refractivity contribution in [3.05, 3.63) is 83.9 Å². The number of aromatic hydroxyl groups is 1. The molecule has 3 rings (SSSR count). The highest BCUT2D eigenvalue weighted by atomic mass is 32.2. The van der Waals surface area contributed by atoms with Crippen molar-refractivity contribution in [1.29, 1.82) is 0 Å². The van der Waals surface area contributed by atoms with E-state index >= 15 is 0 Å². The van der Waals surface area contributed by atoms with E-state index in [0.29, 0.717) is 29.0 Å². The van der Waals surface area contributed by atoms with Crippen LogP contribution >= 0.6 is 11.8 Å². The fourth-order valence-corrected chi connectivity index (χ4v) is 4.12. The second-order valence-electron chi connectivity index (χ2n) is 8.93. The minimum atomic E-state index is -0.794. The lowest BCUT2D eigenvalue weighted by molar-refractivity contribution is -0.157. The van der Waals surface area contributed by atoms with Crippen molar-refractivity contribution in [2.75, 3.05) is 5.73 Å². The molecule has 3 aromatic rings. The van der Waals surface area contributed by atoms with E-state index < -0.39 is 17.6 Å². The fourth-order valence-electron chi connectivity index (χ4n) is 3.22. The molecule has 1 atom stereocenters. The van der Waals surface area contributed by atoms with E-state index in [1.807, 2.05) is 30.3 Å². The Morgan fingerprint density at radius 1 is 1.03 bits per heavy atom. The van der Waals surface area contributed by atoms with Crippen molar-refractivity contribution in [2.24, 2.45) is 0 Å². The first-order valence-electron chi connectivity index (χ1n) is 11.0. The van der Waals surface area contributed by atoms with Crippen LogP contribution in [0.5, 0.6) is 5.75 Å². The Morgan fingerprint density at radius 2 is 1.71 bits per heavy atom. The summed E-state index contributed by atoms with van der Waals surface area (Å²) in [5.74, 6) is -0.670. The van der Waals surface area contributed by atoms with Crippen LogP contribution in [-0.4, -0.2) is 28.6 Å². The Morgan fingerprint density at radius 3 is 2.35 bits per heavy atom. The topological polar surface area (TPSA) is 102 Å². The molecule has 4 N–H and O–H groups in total. The Bertz CT molecular complexity index is 1130. The van der Waals surface area contributed by atoms with E-state index in [2.05, 4.69) is 5.32 Å². The number of phenolic OH excluding ortho intramolecular Hbond substituents is 1. The highest BCUT2D eigenvalue weighted by molar-refractivity contribution is 7.99. The normalized spacial score (nSPS) is 12.1. The second kappa shape index (κ2) is 11.1. The molecular formula is C27H30N2O4S. The van der Waals surface area contributed by atoms with Crippen LogP contribution in [0.4, 0.5) is 5.69 Å². The number of nitrogen functional groups attached to an aromatic ring is 1. The molecule has 0 saturated carbocycles. The number of nitrogens with two attached hydrogens (primary N) is 1. The maximum Gasteiger partial charge on any atom is 0.329 e. The van der Waals surface area contributed by atoms with Crippen molar-refractivity contribution >= 4 is 29.3 Å². The number of amides is 1. The predicted octanol–water partition coefficient (Wildman–Crippen LogP) is 5.20. The van der Waals surface area contributed by atoms with E-state index in [1.165, 1.54) is 11.8 Å². The van der Waals surface area contributed by atoms with Crippen molar-refractivity contribution in [1.82, 2.24) is 5.32 Å². The molecule has 1 amide bonds. The number of hydrogen-bond donors (Lipinski definition) is 3. The molecule has 0 unspecified atom stereocenters. The van der Waals surface area contributed by atoms with Crippen LogP contribution in [0.3, 0.4) is 0 Å². The maximum atomic E-state index is 13.1. The highest BCUT2D eigenvalue weighted by Crippen LogP contribution is 2.33. The van der Waals surface area contributed by atoms with E-state index in [0.717, 1.165) is 10.5 Å². The lowest BCUT2D eigenvalue weighted by atomic mass is 10.0. The fraction of sp³-hybridized carbons (Fsp3) is 0.259. The Kier molecular flexibility index (Phi) is 8.23. The van der Waals surface area contributed by atoms with Gasteiger partial charge in [-0.05, 0) is 81.6 Å². The number of ether oxygens (including phenoxy) is 1. The molecule has 0 aliphatic heterocycles. The number of rotatable bonds is 8. The van der Waals surface area contributed by atoms with Gasteiger partial charge in [-0.25, -0.2) is 4.79 Å². The minimum Gasteiger partial charge on any atom is -0.508 e. The molecule has 0 aliphatic rings. The Balaban J connectivity index is 1.76. The van der Waals surface area contributed by atoms with Gasteiger partial charge in [0.1, 0.15) is 17.4 Å². The van der Waals surface area contributed by atoms with Crippen molar-refractivity contribution in [2.45, 2.75) is 55.0 Å². The standard InChI is InChI=1S/C27H30N2O4S/c1-27(2,3)33-26(32)23(16-9-18-7-5-4-6-8-18)29-25(31)19-10-15-22(28)24(17-19)34-21-13-11-20(30)12-14-21/h4-8,10-15,17,23,30H,9,16,28H2,1-3H3,(H,29,31)/t23-/m0/s1. The minimum absolute atomic E-state index is 0.175. The molecule has 0 radical (unpaired) electrons. The number of phenols is 1.